The third kappa shape index (κ3) is 7.32. The minimum atomic E-state index is -2.88. The lowest BCUT2D eigenvalue weighted by molar-refractivity contribution is 0.669. The van der Waals surface area contributed by atoms with E-state index in [4.69, 9.17) is 19.4 Å². The molecule has 68 heavy (non-hydrogen) atoms. The SMILES string of the molecule is c1ccc(-c2cc(-c3cccc([Si](c4ccccc4)(c4ccccc4)c4ccccc4)c3)c(-c3ccccc3)c(-c3nc(-c4ccccc4)nc(-c4ccc5oc6ccccc6c5c4)n3)c2)cc1. The molecule has 5 heteroatoms. The molecule has 0 bridgehead atoms. The first-order valence-corrected chi connectivity index (χ1v) is 25.0. The molecule has 4 nitrogen and oxygen atoms in total. The highest BCUT2D eigenvalue weighted by molar-refractivity contribution is 7.19. The fourth-order valence-corrected chi connectivity index (χ4v) is 14.7. The van der Waals surface area contributed by atoms with Crippen LogP contribution < -0.4 is 20.7 Å². The molecular formula is C63H43N3OSi. The Morgan fingerprint density at radius 2 is 0.721 bits per heavy atom. The molecule has 10 aromatic carbocycles. The van der Waals surface area contributed by atoms with Crippen molar-refractivity contribution in [3.63, 3.8) is 0 Å². The lowest BCUT2D eigenvalue weighted by Gasteiger charge is -2.34. The molecule has 0 amide bonds. The van der Waals surface area contributed by atoms with Crippen molar-refractivity contribution in [2.45, 2.75) is 0 Å². The Hall–Kier alpha value is -8.77. The molecule has 12 aromatic rings. The van der Waals surface area contributed by atoms with Crippen molar-refractivity contribution in [1.82, 2.24) is 15.0 Å². The standard InChI is InChI=1S/C63H43N3OSi/c1-7-22-44(23-8-1)49-42-55(47-28-21-35-53(40-47)68(50-29-13-4-14-30-50,51-31-15-5-16-32-51)52-33-17-6-18-34-52)60(45-24-9-2-10-25-45)57(43-49)63-65-61(46-26-11-3-12-27-46)64-62(66-63)48-38-39-59-56(41-48)54-36-19-20-37-58(54)67-59/h1-43H. The first kappa shape index (κ1) is 40.7. The predicted molar refractivity (Wildman–Crippen MR) is 283 cm³/mol. The van der Waals surface area contributed by atoms with Gasteiger partial charge in [-0.25, -0.2) is 15.0 Å². The summed E-state index contributed by atoms with van der Waals surface area (Å²) >= 11 is 0. The van der Waals surface area contributed by atoms with E-state index in [1.807, 2.05) is 42.5 Å². The first-order chi connectivity index (χ1) is 33.7. The van der Waals surface area contributed by atoms with Gasteiger partial charge in [0.05, 0.1) is 0 Å². The molecule has 0 aliphatic carbocycles. The fraction of sp³-hybridized carbons (Fsp3) is 0. The summed E-state index contributed by atoms with van der Waals surface area (Å²) in [5.74, 6) is 1.76. The number of para-hydroxylation sites is 1. The number of furan rings is 1. The molecule has 0 aliphatic rings. The number of fused-ring (bicyclic) bond motifs is 3. The van der Waals surface area contributed by atoms with Crippen molar-refractivity contribution in [2.75, 3.05) is 0 Å². The van der Waals surface area contributed by atoms with Crippen LogP contribution in [0, 0.1) is 0 Å². The maximum atomic E-state index is 6.26. The van der Waals surface area contributed by atoms with Gasteiger partial charge in [-0.1, -0.05) is 224 Å². The minimum absolute atomic E-state index is 0.582. The van der Waals surface area contributed by atoms with Crippen LogP contribution in [0.1, 0.15) is 0 Å². The second-order valence-electron chi connectivity index (χ2n) is 17.1. The van der Waals surface area contributed by atoms with E-state index in [0.29, 0.717) is 17.5 Å². The number of rotatable bonds is 10. The first-order valence-electron chi connectivity index (χ1n) is 23.0. The lowest BCUT2D eigenvalue weighted by Crippen LogP contribution is -2.74. The number of hydrogen-bond donors (Lipinski definition) is 0. The van der Waals surface area contributed by atoms with Gasteiger partial charge in [0.2, 0.25) is 0 Å². The molecule has 12 rings (SSSR count). The zero-order valence-electron chi connectivity index (χ0n) is 37.1. The quantitative estimate of drug-likeness (QED) is 0.101. The van der Waals surface area contributed by atoms with Gasteiger partial charge < -0.3 is 4.42 Å². The van der Waals surface area contributed by atoms with Gasteiger partial charge in [0, 0.05) is 33.0 Å². The number of nitrogens with zero attached hydrogens (tertiary/aromatic N) is 3. The molecule has 320 valence electrons. The Bertz CT molecular complexity index is 3620. The van der Waals surface area contributed by atoms with Gasteiger partial charge in [-0.3, -0.25) is 0 Å². The molecule has 2 heterocycles. The van der Waals surface area contributed by atoms with Crippen molar-refractivity contribution < 1.29 is 4.42 Å². The summed E-state index contributed by atoms with van der Waals surface area (Å²) in [5, 5.41) is 7.33. The third-order valence-corrected chi connectivity index (χ3v) is 17.9. The topological polar surface area (TPSA) is 51.8 Å². The van der Waals surface area contributed by atoms with Crippen LogP contribution in [-0.2, 0) is 0 Å². The third-order valence-electron chi connectivity index (χ3n) is 13.1. The second kappa shape index (κ2) is 17.6. The summed E-state index contributed by atoms with van der Waals surface area (Å²) < 4.78 is 6.26. The summed E-state index contributed by atoms with van der Waals surface area (Å²) in [4.78, 5) is 16.1. The molecule has 0 radical (unpaired) electrons. The molecule has 0 unspecified atom stereocenters. The van der Waals surface area contributed by atoms with Crippen LogP contribution in [-0.4, -0.2) is 23.0 Å². The van der Waals surface area contributed by atoms with Gasteiger partial charge >= 0.3 is 0 Å². The summed E-state index contributed by atoms with van der Waals surface area (Å²) in [7, 11) is -2.88. The number of aromatic nitrogens is 3. The Morgan fingerprint density at radius 1 is 0.265 bits per heavy atom. The highest BCUT2D eigenvalue weighted by Crippen LogP contribution is 2.43. The molecule has 0 spiro atoms. The van der Waals surface area contributed by atoms with Gasteiger partial charge in [-0.05, 0) is 85.0 Å². The average molecular weight is 886 g/mol. The molecule has 0 aliphatic heterocycles. The maximum absolute atomic E-state index is 6.26. The smallest absolute Gasteiger partial charge is 0.179 e. The minimum Gasteiger partial charge on any atom is -0.456 e. The van der Waals surface area contributed by atoms with E-state index in [1.54, 1.807) is 0 Å². The Balaban J connectivity index is 1.15. The fourth-order valence-electron chi connectivity index (χ4n) is 9.95. The van der Waals surface area contributed by atoms with Crippen molar-refractivity contribution in [3.05, 3.63) is 261 Å². The highest BCUT2D eigenvalue weighted by atomic mass is 28.3. The maximum Gasteiger partial charge on any atom is 0.179 e. The monoisotopic (exact) mass is 885 g/mol. The summed E-state index contributed by atoms with van der Waals surface area (Å²) in [6.07, 6.45) is 0. The Morgan fingerprint density at radius 3 is 1.34 bits per heavy atom. The molecule has 0 fully saturated rings. The average Bonchev–Trinajstić information content (AvgIpc) is 3.80. The lowest BCUT2D eigenvalue weighted by atomic mass is 9.86. The van der Waals surface area contributed by atoms with Crippen LogP contribution in [0.25, 0.3) is 89.5 Å². The van der Waals surface area contributed by atoms with Crippen molar-refractivity contribution >= 4 is 50.8 Å². The summed E-state index contributed by atoms with van der Waals surface area (Å²) in [6, 6.07) is 93.2. The van der Waals surface area contributed by atoms with E-state index in [2.05, 4.69) is 218 Å². The highest BCUT2D eigenvalue weighted by Gasteiger charge is 2.41. The van der Waals surface area contributed by atoms with Crippen LogP contribution in [0.3, 0.4) is 0 Å². The van der Waals surface area contributed by atoms with Crippen molar-refractivity contribution in [3.8, 4) is 67.5 Å². The van der Waals surface area contributed by atoms with Crippen LogP contribution in [0.15, 0.2) is 265 Å². The van der Waals surface area contributed by atoms with Gasteiger partial charge in [-0.2, -0.15) is 0 Å². The van der Waals surface area contributed by atoms with Gasteiger partial charge in [-0.15, -0.1) is 0 Å². The van der Waals surface area contributed by atoms with Crippen LogP contribution in [0.5, 0.6) is 0 Å². The molecule has 0 saturated carbocycles. The van der Waals surface area contributed by atoms with Gasteiger partial charge in [0.25, 0.3) is 0 Å². The zero-order chi connectivity index (χ0) is 45.3. The van der Waals surface area contributed by atoms with Gasteiger partial charge in [0.1, 0.15) is 11.2 Å². The van der Waals surface area contributed by atoms with Crippen LogP contribution in [0.2, 0.25) is 0 Å². The van der Waals surface area contributed by atoms with Gasteiger partial charge in [0.15, 0.2) is 25.5 Å². The van der Waals surface area contributed by atoms with Crippen molar-refractivity contribution in [2.24, 2.45) is 0 Å². The van der Waals surface area contributed by atoms with E-state index in [0.717, 1.165) is 72.0 Å². The molecule has 0 N–H and O–H groups in total. The molecule has 0 atom stereocenters. The van der Waals surface area contributed by atoms with E-state index >= 15 is 0 Å². The van der Waals surface area contributed by atoms with E-state index in [9.17, 15) is 0 Å². The molecule has 2 aromatic heterocycles. The largest absolute Gasteiger partial charge is 0.456 e. The number of hydrogen-bond acceptors (Lipinski definition) is 4. The normalized spacial score (nSPS) is 11.5. The summed E-state index contributed by atoms with van der Waals surface area (Å²) in [6.45, 7) is 0. The van der Waals surface area contributed by atoms with Crippen LogP contribution in [0.4, 0.5) is 0 Å². The number of benzene rings is 10. The van der Waals surface area contributed by atoms with Crippen LogP contribution >= 0.6 is 0 Å². The molecule has 0 saturated heterocycles. The predicted octanol–water partition coefficient (Wildman–Crippen LogP) is 13.2. The van der Waals surface area contributed by atoms with E-state index < -0.39 is 8.07 Å². The second-order valence-corrected chi connectivity index (χ2v) is 20.9. The van der Waals surface area contributed by atoms with E-state index in [-0.39, 0.29) is 0 Å². The molecular weight excluding hydrogens is 843 g/mol. The van der Waals surface area contributed by atoms with E-state index in [1.165, 1.54) is 20.7 Å². The van der Waals surface area contributed by atoms with Crippen molar-refractivity contribution in [1.29, 1.82) is 0 Å². The zero-order valence-corrected chi connectivity index (χ0v) is 38.1. The summed E-state index contributed by atoms with van der Waals surface area (Å²) in [5.41, 5.74) is 10.8. The Labute approximate surface area is 396 Å². The Kier molecular flexibility index (Phi) is 10.5.